The first-order valence-corrected chi connectivity index (χ1v) is 5.59. The summed E-state index contributed by atoms with van der Waals surface area (Å²) in [6.07, 6.45) is 4.36. The lowest BCUT2D eigenvalue weighted by molar-refractivity contribution is 0.102. The second-order valence-corrected chi connectivity index (χ2v) is 4.35. The minimum Gasteiger partial charge on any atom is -0.447 e. The molecular formula is C11H21NO2. The molecule has 0 radical (unpaired) electrons. The number of ether oxygens (including phenoxy) is 1. The molecule has 1 aliphatic carbocycles. The number of nitrogens with one attached hydrogen (secondary N) is 1. The zero-order chi connectivity index (χ0) is 10.6. The summed E-state index contributed by atoms with van der Waals surface area (Å²) in [5, 5.41) is 2.86. The molecule has 1 aliphatic rings. The lowest BCUT2D eigenvalue weighted by Gasteiger charge is -2.16. The molecule has 0 aromatic rings. The Kier molecular flexibility index (Phi) is 4.23. The van der Waals surface area contributed by atoms with E-state index in [1.54, 1.807) is 0 Å². The Hall–Kier alpha value is -0.730. The van der Waals surface area contributed by atoms with Gasteiger partial charge in [-0.3, -0.25) is 0 Å². The Balaban J connectivity index is 2.11. The van der Waals surface area contributed by atoms with Gasteiger partial charge in [-0.2, -0.15) is 0 Å². The van der Waals surface area contributed by atoms with Crippen LogP contribution >= 0.6 is 0 Å². The van der Waals surface area contributed by atoms with Gasteiger partial charge in [-0.25, -0.2) is 4.79 Å². The standard InChI is InChI=1S/C11H21NO2/c1-4-9(3)14-11(13)12-8(2)7-10-5-6-10/h8-10H,4-7H2,1-3H3,(H,12,13). The monoisotopic (exact) mass is 199 g/mol. The van der Waals surface area contributed by atoms with Gasteiger partial charge in [0.25, 0.3) is 0 Å². The van der Waals surface area contributed by atoms with Crippen LogP contribution in [-0.2, 0) is 4.74 Å². The fourth-order valence-corrected chi connectivity index (χ4v) is 1.41. The van der Waals surface area contributed by atoms with Gasteiger partial charge in [-0.05, 0) is 32.6 Å². The van der Waals surface area contributed by atoms with Crippen molar-refractivity contribution in [2.45, 2.75) is 58.6 Å². The molecule has 3 nitrogen and oxygen atoms in total. The summed E-state index contributed by atoms with van der Waals surface area (Å²) in [6.45, 7) is 5.95. The van der Waals surface area contributed by atoms with Crippen LogP contribution in [0.4, 0.5) is 4.79 Å². The third kappa shape index (κ3) is 4.49. The van der Waals surface area contributed by atoms with E-state index in [1.165, 1.54) is 12.8 Å². The van der Waals surface area contributed by atoms with E-state index in [4.69, 9.17) is 4.74 Å². The Labute approximate surface area is 86.2 Å². The minimum absolute atomic E-state index is 0.0168. The van der Waals surface area contributed by atoms with Crippen molar-refractivity contribution in [2.24, 2.45) is 5.92 Å². The Morgan fingerprint density at radius 3 is 2.64 bits per heavy atom. The zero-order valence-electron chi connectivity index (χ0n) is 9.38. The number of amides is 1. The third-order valence-corrected chi connectivity index (χ3v) is 2.63. The first kappa shape index (κ1) is 11.3. The van der Waals surface area contributed by atoms with E-state index in [1.807, 2.05) is 20.8 Å². The largest absolute Gasteiger partial charge is 0.447 e. The summed E-state index contributed by atoms with van der Waals surface area (Å²) in [4.78, 5) is 11.3. The predicted molar refractivity (Wildman–Crippen MR) is 56.2 cm³/mol. The van der Waals surface area contributed by atoms with Crippen molar-refractivity contribution >= 4 is 6.09 Å². The van der Waals surface area contributed by atoms with Gasteiger partial charge < -0.3 is 10.1 Å². The molecular weight excluding hydrogens is 178 g/mol. The van der Waals surface area contributed by atoms with Gasteiger partial charge in [0.1, 0.15) is 6.10 Å². The molecule has 0 bridgehead atoms. The molecule has 2 atom stereocenters. The van der Waals surface area contributed by atoms with Gasteiger partial charge >= 0.3 is 6.09 Å². The molecule has 0 spiro atoms. The maximum Gasteiger partial charge on any atom is 0.407 e. The van der Waals surface area contributed by atoms with Gasteiger partial charge in [-0.1, -0.05) is 19.8 Å². The van der Waals surface area contributed by atoms with E-state index in [9.17, 15) is 4.79 Å². The smallest absolute Gasteiger partial charge is 0.407 e. The predicted octanol–water partition coefficient (Wildman–Crippen LogP) is 2.70. The fraction of sp³-hybridized carbons (Fsp3) is 0.909. The number of hydrogen-bond donors (Lipinski definition) is 1. The second kappa shape index (κ2) is 5.23. The highest BCUT2D eigenvalue weighted by atomic mass is 16.6. The number of hydrogen-bond acceptors (Lipinski definition) is 2. The molecule has 0 saturated heterocycles. The normalized spacial score (nSPS) is 19.9. The summed E-state index contributed by atoms with van der Waals surface area (Å²) in [5.74, 6) is 0.842. The van der Waals surface area contributed by atoms with Crippen LogP contribution in [0.1, 0.15) is 46.5 Å². The summed E-state index contributed by atoms with van der Waals surface area (Å²) >= 11 is 0. The quantitative estimate of drug-likeness (QED) is 0.739. The van der Waals surface area contributed by atoms with Gasteiger partial charge in [-0.15, -0.1) is 0 Å². The van der Waals surface area contributed by atoms with E-state index in [2.05, 4.69) is 5.32 Å². The van der Waals surface area contributed by atoms with Crippen LogP contribution in [0, 0.1) is 5.92 Å². The molecule has 1 fully saturated rings. The van der Waals surface area contributed by atoms with Crippen LogP contribution < -0.4 is 5.32 Å². The average molecular weight is 199 g/mol. The molecule has 2 unspecified atom stereocenters. The molecule has 1 saturated carbocycles. The number of rotatable bonds is 5. The maximum atomic E-state index is 11.3. The van der Waals surface area contributed by atoms with E-state index in [0.29, 0.717) is 0 Å². The van der Waals surface area contributed by atoms with Crippen LogP contribution in [0.25, 0.3) is 0 Å². The van der Waals surface area contributed by atoms with Crippen molar-refractivity contribution in [3.8, 4) is 0 Å². The highest BCUT2D eigenvalue weighted by Crippen LogP contribution is 2.33. The van der Waals surface area contributed by atoms with E-state index < -0.39 is 0 Å². The molecule has 1 amide bonds. The molecule has 0 aromatic heterocycles. The zero-order valence-corrected chi connectivity index (χ0v) is 9.38. The van der Waals surface area contributed by atoms with Crippen LogP contribution in [0.5, 0.6) is 0 Å². The van der Waals surface area contributed by atoms with Gasteiger partial charge in [0.15, 0.2) is 0 Å². The van der Waals surface area contributed by atoms with Gasteiger partial charge in [0.2, 0.25) is 0 Å². The maximum absolute atomic E-state index is 11.3. The van der Waals surface area contributed by atoms with Crippen molar-refractivity contribution < 1.29 is 9.53 Å². The van der Waals surface area contributed by atoms with Crippen LogP contribution in [0.3, 0.4) is 0 Å². The molecule has 0 heterocycles. The summed E-state index contributed by atoms with van der Waals surface area (Å²) in [6, 6.07) is 0.249. The first-order valence-electron chi connectivity index (χ1n) is 5.59. The number of alkyl carbamates (subject to hydrolysis) is 1. The van der Waals surface area contributed by atoms with Crippen molar-refractivity contribution in [3.05, 3.63) is 0 Å². The van der Waals surface area contributed by atoms with Crippen molar-refractivity contribution in [1.82, 2.24) is 5.32 Å². The van der Waals surface area contributed by atoms with Crippen LogP contribution in [-0.4, -0.2) is 18.2 Å². The van der Waals surface area contributed by atoms with Crippen molar-refractivity contribution in [3.63, 3.8) is 0 Å². The lowest BCUT2D eigenvalue weighted by Crippen LogP contribution is -2.35. The van der Waals surface area contributed by atoms with Crippen molar-refractivity contribution in [1.29, 1.82) is 0 Å². The highest BCUT2D eigenvalue weighted by molar-refractivity contribution is 5.67. The third-order valence-electron chi connectivity index (χ3n) is 2.63. The van der Waals surface area contributed by atoms with Gasteiger partial charge in [0, 0.05) is 6.04 Å². The molecule has 3 heteroatoms. The average Bonchev–Trinajstić information content (AvgIpc) is 2.87. The van der Waals surface area contributed by atoms with Gasteiger partial charge in [0.05, 0.1) is 0 Å². The molecule has 82 valence electrons. The SMILES string of the molecule is CCC(C)OC(=O)NC(C)CC1CC1. The molecule has 14 heavy (non-hydrogen) atoms. The fourth-order valence-electron chi connectivity index (χ4n) is 1.41. The lowest BCUT2D eigenvalue weighted by atomic mass is 10.2. The Morgan fingerprint density at radius 1 is 1.50 bits per heavy atom. The van der Waals surface area contributed by atoms with Crippen LogP contribution in [0.15, 0.2) is 0 Å². The molecule has 0 aliphatic heterocycles. The molecule has 1 rings (SSSR count). The summed E-state index contributed by atoms with van der Waals surface area (Å²) in [5.41, 5.74) is 0. The molecule has 0 aromatic carbocycles. The summed E-state index contributed by atoms with van der Waals surface area (Å²) < 4.78 is 5.12. The number of carbonyl (C=O) groups excluding carboxylic acids is 1. The van der Waals surface area contributed by atoms with Crippen molar-refractivity contribution in [2.75, 3.05) is 0 Å². The van der Waals surface area contributed by atoms with E-state index in [0.717, 1.165) is 18.8 Å². The minimum atomic E-state index is -0.271. The van der Waals surface area contributed by atoms with Crippen LogP contribution in [0.2, 0.25) is 0 Å². The van der Waals surface area contributed by atoms with E-state index in [-0.39, 0.29) is 18.2 Å². The number of carbonyl (C=O) groups is 1. The van der Waals surface area contributed by atoms with E-state index >= 15 is 0 Å². The first-order chi connectivity index (χ1) is 6.61. The topological polar surface area (TPSA) is 38.3 Å². The molecule has 1 N–H and O–H groups in total. The second-order valence-electron chi connectivity index (χ2n) is 4.35. The Bertz CT molecular complexity index is 190. The summed E-state index contributed by atoms with van der Waals surface area (Å²) in [7, 11) is 0. The Morgan fingerprint density at radius 2 is 2.14 bits per heavy atom. The highest BCUT2D eigenvalue weighted by Gasteiger charge is 2.24.